The third-order valence-electron chi connectivity index (χ3n) is 4.09. The molecule has 0 unspecified atom stereocenters. The highest BCUT2D eigenvalue weighted by Gasteiger charge is 2.29. The van der Waals surface area contributed by atoms with Crippen molar-refractivity contribution in [3.05, 3.63) is 48.0 Å². The SMILES string of the molecule is Cc1nccc(C(=O)N2c3ccccc3N(C)CC[C@H]2C)n1. The summed E-state index contributed by atoms with van der Waals surface area (Å²) in [6.45, 7) is 4.80. The van der Waals surface area contributed by atoms with Crippen LogP contribution in [0.5, 0.6) is 0 Å². The molecule has 1 aliphatic heterocycles. The van der Waals surface area contributed by atoms with Gasteiger partial charge < -0.3 is 9.80 Å². The Morgan fingerprint density at radius 1 is 1.23 bits per heavy atom. The summed E-state index contributed by atoms with van der Waals surface area (Å²) in [6, 6.07) is 9.82. The predicted molar refractivity (Wildman–Crippen MR) is 87.4 cm³/mol. The minimum absolute atomic E-state index is 0.0688. The molecule has 0 fully saturated rings. The van der Waals surface area contributed by atoms with Gasteiger partial charge in [0.1, 0.15) is 11.5 Å². The molecule has 0 saturated heterocycles. The number of hydrogen-bond donors (Lipinski definition) is 0. The zero-order valence-electron chi connectivity index (χ0n) is 13.2. The number of nitrogens with zero attached hydrogens (tertiary/aromatic N) is 4. The molecular weight excluding hydrogens is 276 g/mol. The van der Waals surface area contributed by atoms with Gasteiger partial charge >= 0.3 is 0 Å². The van der Waals surface area contributed by atoms with Gasteiger partial charge in [0.15, 0.2) is 0 Å². The van der Waals surface area contributed by atoms with Gasteiger partial charge in [-0.3, -0.25) is 4.79 Å². The van der Waals surface area contributed by atoms with Gasteiger partial charge in [0.25, 0.3) is 5.91 Å². The summed E-state index contributed by atoms with van der Waals surface area (Å²) in [5.41, 5.74) is 2.46. The Balaban J connectivity index is 2.07. The van der Waals surface area contributed by atoms with Crippen LogP contribution >= 0.6 is 0 Å². The Labute approximate surface area is 130 Å². The normalized spacial score (nSPS) is 17.9. The monoisotopic (exact) mass is 296 g/mol. The van der Waals surface area contributed by atoms with Crippen LogP contribution < -0.4 is 9.80 Å². The molecule has 0 aliphatic carbocycles. The maximum absolute atomic E-state index is 13.0. The van der Waals surface area contributed by atoms with Crippen molar-refractivity contribution in [2.75, 3.05) is 23.4 Å². The van der Waals surface area contributed by atoms with Crippen molar-refractivity contribution >= 4 is 17.3 Å². The lowest BCUT2D eigenvalue weighted by molar-refractivity contribution is 0.0973. The van der Waals surface area contributed by atoms with E-state index in [1.807, 2.05) is 23.1 Å². The molecule has 1 aromatic carbocycles. The summed E-state index contributed by atoms with van der Waals surface area (Å²) in [5.74, 6) is 0.541. The number of amides is 1. The van der Waals surface area contributed by atoms with E-state index in [0.717, 1.165) is 24.3 Å². The van der Waals surface area contributed by atoms with Crippen LogP contribution in [0, 0.1) is 6.92 Å². The van der Waals surface area contributed by atoms with E-state index < -0.39 is 0 Å². The van der Waals surface area contributed by atoms with Crippen molar-refractivity contribution in [2.45, 2.75) is 26.3 Å². The minimum Gasteiger partial charge on any atom is -0.373 e. The number of carbonyl (C=O) groups is 1. The summed E-state index contributed by atoms with van der Waals surface area (Å²) in [5, 5.41) is 0. The van der Waals surface area contributed by atoms with Gasteiger partial charge in [-0.15, -0.1) is 0 Å². The second-order valence-electron chi connectivity index (χ2n) is 5.71. The molecular formula is C17H20N4O. The van der Waals surface area contributed by atoms with E-state index in [1.54, 1.807) is 19.2 Å². The number of hydrogen-bond acceptors (Lipinski definition) is 4. The summed E-state index contributed by atoms with van der Waals surface area (Å²) < 4.78 is 0. The average molecular weight is 296 g/mol. The van der Waals surface area contributed by atoms with Gasteiger partial charge in [-0.2, -0.15) is 0 Å². The zero-order valence-corrected chi connectivity index (χ0v) is 13.2. The molecule has 5 nitrogen and oxygen atoms in total. The third kappa shape index (κ3) is 2.54. The van der Waals surface area contributed by atoms with E-state index in [9.17, 15) is 4.79 Å². The van der Waals surface area contributed by atoms with E-state index in [1.165, 1.54) is 0 Å². The molecule has 0 radical (unpaired) electrons. The Kier molecular flexibility index (Phi) is 3.79. The number of para-hydroxylation sites is 2. The highest BCUT2D eigenvalue weighted by atomic mass is 16.2. The molecule has 2 heterocycles. The highest BCUT2D eigenvalue weighted by Crippen LogP contribution is 2.34. The van der Waals surface area contributed by atoms with Crippen molar-refractivity contribution in [2.24, 2.45) is 0 Å². The van der Waals surface area contributed by atoms with Gasteiger partial charge in [-0.1, -0.05) is 12.1 Å². The van der Waals surface area contributed by atoms with Crippen molar-refractivity contribution in [1.29, 1.82) is 0 Å². The first kappa shape index (κ1) is 14.5. The molecule has 3 rings (SSSR count). The number of carbonyl (C=O) groups excluding carboxylic acids is 1. The van der Waals surface area contributed by atoms with Crippen molar-refractivity contribution in [1.82, 2.24) is 9.97 Å². The molecule has 1 aromatic heterocycles. The molecule has 2 aromatic rings. The van der Waals surface area contributed by atoms with Crippen molar-refractivity contribution in [3.8, 4) is 0 Å². The maximum atomic E-state index is 13.0. The van der Waals surface area contributed by atoms with Gasteiger partial charge in [0.2, 0.25) is 0 Å². The molecule has 0 N–H and O–H groups in total. The molecule has 1 amide bonds. The van der Waals surface area contributed by atoms with Crippen molar-refractivity contribution < 1.29 is 4.79 Å². The molecule has 5 heteroatoms. The fourth-order valence-corrected chi connectivity index (χ4v) is 2.87. The summed E-state index contributed by atoms with van der Waals surface area (Å²) in [4.78, 5) is 25.4. The van der Waals surface area contributed by atoms with Crippen LogP contribution in [0.2, 0.25) is 0 Å². The van der Waals surface area contributed by atoms with E-state index in [0.29, 0.717) is 11.5 Å². The Morgan fingerprint density at radius 2 is 1.95 bits per heavy atom. The van der Waals surface area contributed by atoms with Gasteiger partial charge in [-0.05, 0) is 38.5 Å². The number of benzene rings is 1. The van der Waals surface area contributed by atoms with E-state index >= 15 is 0 Å². The van der Waals surface area contributed by atoms with Crippen LogP contribution in [-0.4, -0.2) is 35.5 Å². The quantitative estimate of drug-likeness (QED) is 0.812. The van der Waals surface area contributed by atoms with Gasteiger partial charge in [0.05, 0.1) is 11.4 Å². The fourth-order valence-electron chi connectivity index (χ4n) is 2.87. The smallest absolute Gasteiger partial charge is 0.277 e. The molecule has 0 saturated carbocycles. The Bertz CT molecular complexity index is 701. The lowest BCUT2D eigenvalue weighted by Crippen LogP contribution is -2.39. The summed E-state index contributed by atoms with van der Waals surface area (Å²) in [7, 11) is 2.06. The van der Waals surface area contributed by atoms with E-state index in [2.05, 4.69) is 34.9 Å². The van der Waals surface area contributed by atoms with E-state index in [-0.39, 0.29) is 11.9 Å². The molecule has 22 heavy (non-hydrogen) atoms. The molecule has 0 spiro atoms. The lowest BCUT2D eigenvalue weighted by atomic mass is 10.1. The third-order valence-corrected chi connectivity index (χ3v) is 4.09. The molecule has 1 atom stereocenters. The van der Waals surface area contributed by atoms with Gasteiger partial charge in [-0.25, -0.2) is 9.97 Å². The summed E-state index contributed by atoms with van der Waals surface area (Å²) in [6.07, 6.45) is 2.55. The molecule has 0 bridgehead atoms. The molecule has 114 valence electrons. The first-order valence-electron chi connectivity index (χ1n) is 7.51. The van der Waals surface area contributed by atoms with E-state index in [4.69, 9.17) is 0 Å². The number of aromatic nitrogens is 2. The zero-order chi connectivity index (χ0) is 15.7. The maximum Gasteiger partial charge on any atom is 0.277 e. The largest absolute Gasteiger partial charge is 0.373 e. The number of aryl methyl sites for hydroxylation is 1. The minimum atomic E-state index is -0.0688. The second kappa shape index (κ2) is 5.75. The number of anilines is 2. The second-order valence-corrected chi connectivity index (χ2v) is 5.71. The Morgan fingerprint density at radius 3 is 2.68 bits per heavy atom. The van der Waals surface area contributed by atoms with Crippen LogP contribution in [0.4, 0.5) is 11.4 Å². The van der Waals surface area contributed by atoms with Crippen molar-refractivity contribution in [3.63, 3.8) is 0 Å². The first-order chi connectivity index (χ1) is 10.6. The fraction of sp³-hybridized carbons (Fsp3) is 0.353. The van der Waals surface area contributed by atoms with Gasteiger partial charge in [0, 0.05) is 25.8 Å². The number of fused-ring (bicyclic) bond motifs is 1. The first-order valence-corrected chi connectivity index (χ1v) is 7.51. The lowest BCUT2D eigenvalue weighted by Gasteiger charge is -2.28. The molecule has 1 aliphatic rings. The Hall–Kier alpha value is -2.43. The van der Waals surface area contributed by atoms with Crippen LogP contribution in [-0.2, 0) is 0 Å². The highest BCUT2D eigenvalue weighted by molar-refractivity contribution is 6.07. The van der Waals surface area contributed by atoms with Crippen LogP contribution in [0.15, 0.2) is 36.5 Å². The van der Waals surface area contributed by atoms with Crippen LogP contribution in [0.3, 0.4) is 0 Å². The average Bonchev–Trinajstić information content (AvgIpc) is 2.64. The van der Waals surface area contributed by atoms with Crippen LogP contribution in [0.25, 0.3) is 0 Å². The predicted octanol–water partition coefficient (Wildman–Crippen LogP) is 2.66. The summed E-state index contributed by atoms with van der Waals surface area (Å²) >= 11 is 0. The number of rotatable bonds is 1. The van der Waals surface area contributed by atoms with Crippen LogP contribution in [0.1, 0.15) is 29.7 Å². The standard InChI is InChI=1S/C17H20N4O/c1-12-9-11-20(3)15-6-4-5-7-16(15)21(12)17(22)14-8-10-18-13(2)19-14/h4-8,10,12H,9,11H2,1-3H3/t12-/m1/s1. The topological polar surface area (TPSA) is 49.3 Å².